The van der Waals surface area contributed by atoms with Crippen LogP contribution in [0.2, 0.25) is 5.02 Å². The molecule has 92 valence electrons. The summed E-state index contributed by atoms with van der Waals surface area (Å²) in [6.07, 6.45) is 1.75. The molecule has 3 nitrogen and oxygen atoms in total. The topological polar surface area (TPSA) is 29.9 Å². The van der Waals surface area contributed by atoms with Gasteiger partial charge < -0.3 is 5.32 Å². The van der Waals surface area contributed by atoms with Crippen LogP contribution in [0.15, 0.2) is 6.20 Å². The second-order valence-electron chi connectivity index (χ2n) is 4.27. The van der Waals surface area contributed by atoms with E-state index in [1.807, 2.05) is 4.68 Å². The average molecular weight is 244 g/mol. The van der Waals surface area contributed by atoms with Crippen LogP contribution in [0.1, 0.15) is 39.3 Å². The Morgan fingerprint density at radius 1 is 1.44 bits per heavy atom. The molecule has 1 heterocycles. The predicted molar refractivity (Wildman–Crippen MR) is 69.0 cm³/mol. The Bertz CT molecular complexity index is 322. The molecule has 0 saturated heterocycles. The lowest BCUT2D eigenvalue weighted by Crippen LogP contribution is -2.25. The predicted octanol–water partition coefficient (Wildman–Crippen LogP) is 2.91. The molecule has 1 N–H and O–H groups in total. The minimum Gasteiger partial charge on any atom is -0.317 e. The maximum absolute atomic E-state index is 6.19. The van der Waals surface area contributed by atoms with Gasteiger partial charge in [0.15, 0.2) is 0 Å². The molecular weight excluding hydrogens is 222 g/mol. The number of hydrogen-bond acceptors (Lipinski definition) is 2. The van der Waals surface area contributed by atoms with Crippen LogP contribution in [0.3, 0.4) is 0 Å². The normalized spacial score (nSPS) is 15.1. The van der Waals surface area contributed by atoms with Gasteiger partial charge in [0.2, 0.25) is 0 Å². The van der Waals surface area contributed by atoms with Gasteiger partial charge in [-0.3, -0.25) is 4.68 Å². The van der Waals surface area contributed by atoms with E-state index in [0.29, 0.717) is 11.8 Å². The third kappa shape index (κ3) is 2.98. The molecule has 0 aliphatic rings. The highest BCUT2D eigenvalue weighted by atomic mass is 35.5. The molecule has 0 aliphatic heterocycles. The SMILES string of the molecule is CCNCC(C)C(C)c1c(Cl)cnn1CC. The molecule has 0 fully saturated rings. The summed E-state index contributed by atoms with van der Waals surface area (Å²) in [5.41, 5.74) is 1.16. The van der Waals surface area contributed by atoms with E-state index in [4.69, 9.17) is 11.6 Å². The first-order valence-electron chi connectivity index (χ1n) is 6.03. The number of aryl methyl sites for hydroxylation is 1. The van der Waals surface area contributed by atoms with Crippen molar-refractivity contribution in [1.29, 1.82) is 0 Å². The fraction of sp³-hybridized carbons (Fsp3) is 0.750. The van der Waals surface area contributed by atoms with Crippen LogP contribution in [0.4, 0.5) is 0 Å². The Morgan fingerprint density at radius 3 is 2.69 bits per heavy atom. The number of hydrogen-bond donors (Lipinski definition) is 1. The molecule has 2 unspecified atom stereocenters. The fourth-order valence-corrected chi connectivity index (χ4v) is 2.21. The van der Waals surface area contributed by atoms with Crippen molar-refractivity contribution in [1.82, 2.24) is 15.1 Å². The Kier molecular flexibility index (Phi) is 5.29. The van der Waals surface area contributed by atoms with Crippen molar-refractivity contribution in [2.45, 2.75) is 40.2 Å². The quantitative estimate of drug-likeness (QED) is 0.833. The summed E-state index contributed by atoms with van der Waals surface area (Å²) in [6, 6.07) is 0. The molecule has 0 saturated carbocycles. The molecule has 4 heteroatoms. The van der Waals surface area contributed by atoms with E-state index in [2.05, 4.69) is 38.1 Å². The Balaban J connectivity index is 2.77. The maximum Gasteiger partial charge on any atom is 0.0820 e. The van der Waals surface area contributed by atoms with Gasteiger partial charge in [-0.1, -0.05) is 32.4 Å². The zero-order chi connectivity index (χ0) is 12.1. The lowest BCUT2D eigenvalue weighted by molar-refractivity contribution is 0.428. The van der Waals surface area contributed by atoms with E-state index in [1.165, 1.54) is 0 Å². The van der Waals surface area contributed by atoms with Gasteiger partial charge in [0, 0.05) is 12.5 Å². The molecule has 0 amide bonds. The van der Waals surface area contributed by atoms with Crippen LogP contribution >= 0.6 is 11.6 Å². The number of nitrogens with one attached hydrogen (secondary N) is 1. The number of nitrogens with zero attached hydrogens (tertiary/aromatic N) is 2. The first-order chi connectivity index (χ1) is 7.61. The van der Waals surface area contributed by atoms with E-state index in [-0.39, 0.29) is 0 Å². The van der Waals surface area contributed by atoms with Crippen LogP contribution in [-0.4, -0.2) is 22.9 Å². The van der Waals surface area contributed by atoms with Gasteiger partial charge in [-0.2, -0.15) is 5.10 Å². The molecule has 0 bridgehead atoms. The molecule has 1 aromatic rings. The summed E-state index contributed by atoms with van der Waals surface area (Å²) in [5, 5.41) is 8.45. The summed E-state index contributed by atoms with van der Waals surface area (Å²) in [4.78, 5) is 0. The second kappa shape index (κ2) is 6.26. The fourth-order valence-electron chi connectivity index (χ4n) is 1.89. The van der Waals surface area contributed by atoms with Crippen molar-refractivity contribution in [3.8, 4) is 0 Å². The van der Waals surface area contributed by atoms with Crippen molar-refractivity contribution in [3.05, 3.63) is 16.9 Å². The lowest BCUT2D eigenvalue weighted by Gasteiger charge is -2.21. The highest BCUT2D eigenvalue weighted by Gasteiger charge is 2.20. The van der Waals surface area contributed by atoms with E-state index < -0.39 is 0 Å². The van der Waals surface area contributed by atoms with Crippen LogP contribution in [0, 0.1) is 5.92 Å². The minimum absolute atomic E-state index is 0.425. The van der Waals surface area contributed by atoms with Crippen molar-refractivity contribution >= 4 is 11.6 Å². The summed E-state index contributed by atoms with van der Waals surface area (Å²) in [6.45, 7) is 11.6. The van der Waals surface area contributed by atoms with Crippen molar-refractivity contribution in [3.63, 3.8) is 0 Å². The van der Waals surface area contributed by atoms with Crippen molar-refractivity contribution in [2.75, 3.05) is 13.1 Å². The van der Waals surface area contributed by atoms with Gasteiger partial charge in [0.25, 0.3) is 0 Å². The molecule has 0 radical (unpaired) electrons. The first kappa shape index (κ1) is 13.5. The van der Waals surface area contributed by atoms with Crippen LogP contribution in [0.25, 0.3) is 0 Å². The van der Waals surface area contributed by atoms with Crippen molar-refractivity contribution < 1.29 is 0 Å². The Labute approximate surface area is 103 Å². The van der Waals surface area contributed by atoms with Crippen LogP contribution < -0.4 is 5.32 Å². The highest BCUT2D eigenvalue weighted by molar-refractivity contribution is 6.31. The van der Waals surface area contributed by atoms with E-state index in [0.717, 1.165) is 30.4 Å². The standard InChI is InChI=1S/C12H22ClN3/c1-5-14-7-9(3)10(4)12-11(13)8-15-16(12)6-2/h8-10,14H,5-7H2,1-4H3. The monoisotopic (exact) mass is 243 g/mol. The molecule has 2 atom stereocenters. The van der Waals surface area contributed by atoms with Gasteiger partial charge in [-0.05, 0) is 25.9 Å². The van der Waals surface area contributed by atoms with E-state index in [1.54, 1.807) is 6.20 Å². The molecular formula is C12H22ClN3. The van der Waals surface area contributed by atoms with Gasteiger partial charge in [0.05, 0.1) is 16.9 Å². The summed E-state index contributed by atoms with van der Waals surface area (Å²) in [5.74, 6) is 0.980. The van der Waals surface area contributed by atoms with Crippen LogP contribution in [0.5, 0.6) is 0 Å². The molecule has 0 spiro atoms. The third-order valence-corrected chi connectivity index (χ3v) is 3.43. The minimum atomic E-state index is 0.425. The van der Waals surface area contributed by atoms with E-state index in [9.17, 15) is 0 Å². The number of halogens is 1. The third-order valence-electron chi connectivity index (χ3n) is 3.13. The largest absolute Gasteiger partial charge is 0.317 e. The summed E-state index contributed by atoms with van der Waals surface area (Å²) >= 11 is 6.19. The number of aromatic nitrogens is 2. The maximum atomic E-state index is 6.19. The lowest BCUT2D eigenvalue weighted by atomic mass is 9.92. The smallest absolute Gasteiger partial charge is 0.0820 e. The molecule has 0 aromatic carbocycles. The van der Waals surface area contributed by atoms with Gasteiger partial charge >= 0.3 is 0 Å². The summed E-state index contributed by atoms with van der Waals surface area (Å²) in [7, 11) is 0. The molecule has 1 aromatic heterocycles. The van der Waals surface area contributed by atoms with Gasteiger partial charge in [-0.15, -0.1) is 0 Å². The number of rotatable bonds is 6. The molecule has 1 rings (SSSR count). The second-order valence-corrected chi connectivity index (χ2v) is 4.67. The highest BCUT2D eigenvalue weighted by Crippen LogP contribution is 2.29. The van der Waals surface area contributed by atoms with Crippen molar-refractivity contribution in [2.24, 2.45) is 5.92 Å². The van der Waals surface area contributed by atoms with Crippen LogP contribution in [-0.2, 0) is 6.54 Å². The average Bonchev–Trinajstić information content (AvgIpc) is 2.66. The summed E-state index contributed by atoms with van der Waals surface area (Å²) < 4.78 is 2.00. The molecule has 16 heavy (non-hydrogen) atoms. The van der Waals surface area contributed by atoms with Gasteiger partial charge in [0.1, 0.15) is 0 Å². The Morgan fingerprint density at radius 2 is 2.12 bits per heavy atom. The van der Waals surface area contributed by atoms with E-state index >= 15 is 0 Å². The van der Waals surface area contributed by atoms with Gasteiger partial charge in [-0.25, -0.2) is 0 Å². The molecule has 0 aliphatic carbocycles. The first-order valence-corrected chi connectivity index (χ1v) is 6.41. The zero-order valence-electron chi connectivity index (χ0n) is 10.6. The Hall–Kier alpha value is -0.540. The zero-order valence-corrected chi connectivity index (χ0v) is 11.4.